The van der Waals surface area contributed by atoms with Crippen LogP contribution in [0.1, 0.15) is 18.1 Å². The second-order valence-corrected chi connectivity index (χ2v) is 5.84. The van der Waals surface area contributed by atoms with Gasteiger partial charge in [-0.2, -0.15) is 0 Å². The van der Waals surface area contributed by atoms with Crippen LogP contribution in [0.3, 0.4) is 0 Å². The highest BCUT2D eigenvalue weighted by atomic mass is 127. The maximum atomic E-state index is 2.57. The van der Waals surface area contributed by atoms with Crippen molar-refractivity contribution in [2.75, 3.05) is 32.7 Å². The number of likely N-dealkylation sites (N-methyl/N-ethyl adjacent to an activating group) is 1. The minimum atomic E-state index is 1.11. The molecule has 1 aliphatic heterocycles. The molecule has 3 heteroatoms. The molecule has 17 heavy (non-hydrogen) atoms. The summed E-state index contributed by atoms with van der Waals surface area (Å²) in [6.07, 6.45) is 0. The van der Waals surface area contributed by atoms with Crippen LogP contribution in [0.25, 0.3) is 0 Å². The first-order valence-electron chi connectivity index (χ1n) is 6.39. The lowest BCUT2D eigenvalue weighted by Crippen LogP contribution is -2.45. The van der Waals surface area contributed by atoms with E-state index >= 15 is 0 Å². The molecule has 0 saturated carbocycles. The molecule has 0 spiro atoms. The molecule has 0 atom stereocenters. The third kappa shape index (κ3) is 3.42. The van der Waals surface area contributed by atoms with Gasteiger partial charge >= 0.3 is 0 Å². The number of rotatable bonds is 3. The van der Waals surface area contributed by atoms with Crippen LogP contribution in [0.2, 0.25) is 0 Å². The van der Waals surface area contributed by atoms with Crippen molar-refractivity contribution in [3.05, 3.63) is 32.9 Å². The molecular weight excluding hydrogens is 323 g/mol. The Morgan fingerprint density at radius 2 is 1.76 bits per heavy atom. The first kappa shape index (κ1) is 13.3. The number of hydrogen-bond acceptors (Lipinski definition) is 2. The van der Waals surface area contributed by atoms with Crippen LogP contribution in [0.15, 0.2) is 18.2 Å². The predicted molar refractivity (Wildman–Crippen MR) is 81.3 cm³/mol. The van der Waals surface area contributed by atoms with Crippen molar-refractivity contribution in [3.8, 4) is 0 Å². The van der Waals surface area contributed by atoms with Crippen molar-refractivity contribution < 1.29 is 0 Å². The summed E-state index contributed by atoms with van der Waals surface area (Å²) in [6.45, 7) is 11.6. The Kier molecular flexibility index (Phi) is 4.82. The Morgan fingerprint density at radius 3 is 2.41 bits per heavy atom. The summed E-state index contributed by atoms with van der Waals surface area (Å²) in [5, 5.41) is 0. The summed E-state index contributed by atoms with van der Waals surface area (Å²) in [4.78, 5) is 5.10. The normalized spacial score (nSPS) is 18.5. The minimum Gasteiger partial charge on any atom is -0.301 e. The fourth-order valence-electron chi connectivity index (χ4n) is 2.33. The van der Waals surface area contributed by atoms with Gasteiger partial charge in [0.15, 0.2) is 0 Å². The predicted octanol–water partition coefficient (Wildman–Crippen LogP) is 2.74. The quantitative estimate of drug-likeness (QED) is 0.778. The highest BCUT2D eigenvalue weighted by Gasteiger charge is 2.16. The van der Waals surface area contributed by atoms with E-state index in [-0.39, 0.29) is 0 Å². The SMILES string of the molecule is CCN1CCN(Cc2cccc(C)c2I)CC1. The molecule has 1 heterocycles. The van der Waals surface area contributed by atoms with Gasteiger partial charge in [0.1, 0.15) is 0 Å². The van der Waals surface area contributed by atoms with Gasteiger partial charge in [0.2, 0.25) is 0 Å². The number of piperazine rings is 1. The molecule has 0 N–H and O–H groups in total. The topological polar surface area (TPSA) is 6.48 Å². The van der Waals surface area contributed by atoms with E-state index in [1.807, 2.05) is 0 Å². The molecule has 2 rings (SSSR count). The van der Waals surface area contributed by atoms with E-state index in [9.17, 15) is 0 Å². The van der Waals surface area contributed by atoms with Crippen LogP contribution in [0, 0.1) is 10.5 Å². The summed E-state index contributed by atoms with van der Waals surface area (Å²) < 4.78 is 1.43. The van der Waals surface area contributed by atoms with Gasteiger partial charge in [0.05, 0.1) is 0 Å². The monoisotopic (exact) mass is 344 g/mol. The van der Waals surface area contributed by atoms with Crippen molar-refractivity contribution in [2.24, 2.45) is 0 Å². The Hall–Kier alpha value is -0.130. The number of halogens is 1. The summed E-state index contributed by atoms with van der Waals surface area (Å²) in [5.41, 5.74) is 2.88. The van der Waals surface area contributed by atoms with Crippen LogP contribution in [-0.4, -0.2) is 42.5 Å². The van der Waals surface area contributed by atoms with Crippen molar-refractivity contribution in [3.63, 3.8) is 0 Å². The van der Waals surface area contributed by atoms with Gasteiger partial charge in [-0.25, -0.2) is 0 Å². The van der Waals surface area contributed by atoms with E-state index in [1.54, 1.807) is 0 Å². The fraction of sp³-hybridized carbons (Fsp3) is 0.571. The molecule has 94 valence electrons. The van der Waals surface area contributed by atoms with Gasteiger partial charge in [-0.3, -0.25) is 4.90 Å². The van der Waals surface area contributed by atoms with Crippen LogP contribution < -0.4 is 0 Å². The van der Waals surface area contributed by atoms with E-state index in [2.05, 4.69) is 64.4 Å². The van der Waals surface area contributed by atoms with Crippen LogP contribution in [-0.2, 0) is 6.54 Å². The van der Waals surface area contributed by atoms with E-state index in [0.29, 0.717) is 0 Å². The van der Waals surface area contributed by atoms with E-state index < -0.39 is 0 Å². The molecule has 0 bridgehead atoms. The van der Waals surface area contributed by atoms with Crippen molar-refractivity contribution in [2.45, 2.75) is 20.4 Å². The standard InChI is InChI=1S/C14H21IN2/c1-3-16-7-9-17(10-8-16)11-13-6-4-5-12(2)14(13)15/h4-6H,3,7-11H2,1-2H3. The molecular formula is C14H21IN2. The van der Waals surface area contributed by atoms with Gasteiger partial charge < -0.3 is 4.90 Å². The zero-order valence-electron chi connectivity index (χ0n) is 10.7. The highest BCUT2D eigenvalue weighted by Crippen LogP contribution is 2.19. The van der Waals surface area contributed by atoms with Crippen LogP contribution in [0.5, 0.6) is 0 Å². The Morgan fingerprint density at radius 1 is 1.12 bits per heavy atom. The molecule has 1 aromatic carbocycles. The first-order chi connectivity index (χ1) is 8.20. The number of nitrogens with zero attached hydrogens (tertiary/aromatic N) is 2. The summed E-state index contributed by atoms with van der Waals surface area (Å²) in [7, 11) is 0. The van der Waals surface area contributed by atoms with Gasteiger partial charge in [0, 0.05) is 36.3 Å². The zero-order valence-corrected chi connectivity index (χ0v) is 12.9. The van der Waals surface area contributed by atoms with Gasteiger partial charge in [-0.15, -0.1) is 0 Å². The average Bonchev–Trinajstić information content (AvgIpc) is 2.36. The second-order valence-electron chi connectivity index (χ2n) is 4.76. The lowest BCUT2D eigenvalue weighted by Gasteiger charge is -2.34. The van der Waals surface area contributed by atoms with Crippen LogP contribution in [0.4, 0.5) is 0 Å². The minimum absolute atomic E-state index is 1.11. The largest absolute Gasteiger partial charge is 0.301 e. The molecule has 1 saturated heterocycles. The Balaban J connectivity index is 1.95. The van der Waals surface area contributed by atoms with Crippen molar-refractivity contribution in [1.82, 2.24) is 9.80 Å². The molecule has 0 aromatic heterocycles. The molecule has 0 amide bonds. The maximum Gasteiger partial charge on any atom is 0.0245 e. The lowest BCUT2D eigenvalue weighted by atomic mass is 10.1. The molecule has 0 aliphatic carbocycles. The maximum absolute atomic E-state index is 2.57. The molecule has 0 unspecified atom stereocenters. The molecule has 2 nitrogen and oxygen atoms in total. The van der Waals surface area contributed by atoms with Gasteiger partial charge in [-0.05, 0) is 47.2 Å². The van der Waals surface area contributed by atoms with Gasteiger partial charge in [0.25, 0.3) is 0 Å². The van der Waals surface area contributed by atoms with Crippen molar-refractivity contribution >= 4 is 22.6 Å². The second kappa shape index (κ2) is 6.16. The molecule has 1 aromatic rings. The van der Waals surface area contributed by atoms with Crippen molar-refractivity contribution in [1.29, 1.82) is 0 Å². The summed E-state index contributed by atoms with van der Waals surface area (Å²) >= 11 is 2.48. The zero-order chi connectivity index (χ0) is 12.3. The molecule has 1 aliphatic rings. The fourth-order valence-corrected chi connectivity index (χ4v) is 2.86. The number of aryl methyl sites for hydroxylation is 1. The lowest BCUT2D eigenvalue weighted by molar-refractivity contribution is 0.131. The molecule has 1 fully saturated rings. The third-order valence-electron chi connectivity index (χ3n) is 3.58. The number of hydrogen-bond donors (Lipinski definition) is 0. The highest BCUT2D eigenvalue weighted by molar-refractivity contribution is 14.1. The first-order valence-corrected chi connectivity index (χ1v) is 7.47. The van der Waals surface area contributed by atoms with E-state index in [0.717, 1.165) is 6.54 Å². The number of benzene rings is 1. The summed E-state index contributed by atoms with van der Waals surface area (Å²) in [5.74, 6) is 0. The van der Waals surface area contributed by atoms with Gasteiger partial charge in [-0.1, -0.05) is 25.1 Å². The smallest absolute Gasteiger partial charge is 0.0245 e. The average molecular weight is 344 g/mol. The Bertz CT molecular complexity index is 370. The molecule has 0 radical (unpaired) electrons. The van der Waals surface area contributed by atoms with E-state index in [1.165, 1.54) is 47.4 Å². The van der Waals surface area contributed by atoms with E-state index in [4.69, 9.17) is 0 Å². The van der Waals surface area contributed by atoms with Crippen LogP contribution >= 0.6 is 22.6 Å². The summed E-state index contributed by atoms with van der Waals surface area (Å²) in [6, 6.07) is 6.64. The third-order valence-corrected chi connectivity index (χ3v) is 5.12. The Labute approximate surface area is 118 Å².